The molecule has 0 saturated carbocycles. The highest BCUT2D eigenvalue weighted by Gasteiger charge is 2.26. The van der Waals surface area contributed by atoms with E-state index in [0.717, 1.165) is 48.7 Å². The number of hydrogen-bond donors (Lipinski definition) is 0. The Kier molecular flexibility index (Phi) is 5.33. The van der Waals surface area contributed by atoms with Crippen LogP contribution in [0, 0.1) is 6.92 Å². The summed E-state index contributed by atoms with van der Waals surface area (Å²) in [5, 5.41) is 0.887. The number of methoxy groups -OCH3 is 3. The lowest BCUT2D eigenvalue weighted by atomic mass is 9.93. The zero-order valence-electron chi connectivity index (χ0n) is 17.2. The van der Waals surface area contributed by atoms with Crippen molar-refractivity contribution in [1.29, 1.82) is 0 Å². The lowest BCUT2D eigenvalue weighted by molar-refractivity contribution is 0.327. The summed E-state index contributed by atoms with van der Waals surface area (Å²) in [5.74, 6) is 3.82. The summed E-state index contributed by atoms with van der Waals surface area (Å²) in [5.41, 5.74) is 1.83. The van der Waals surface area contributed by atoms with Gasteiger partial charge in [0.15, 0.2) is 11.5 Å². The summed E-state index contributed by atoms with van der Waals surface area (Å²) in [4.78, 5) is 20.1. The predicted molar refractivity (Wildman–Crippen MR) is 110 cm³/mol. The normalized spacial score (nSPS) is 14.8. The number of fused-ring (bicyclic) bond motifs is 1. The van der Waals surface area contributed by atoms with Crippen LogP contribution in [0.1, 0.15) is 30.3 Å². The lowest BCUT2D eigenvalue weighted by Crippen LogP contribution is -2.34. The smallest absolute Gasteiger partial charge is 0.205 e. The van der Waals surface area contributed by atoms with Crippen LogP contribution in [-0.4, -0.2) is 54.4 Å². The van der Waals surface area contributed by atoms with Gasteiger partial charge in [0.2, 0.25) is 5.75 Å². The predicted octanol–water partition coefficient (Wildman–Crippen LogP) is 3.14. The van der Waals surface area contributed by atoms with Crippen LogP contribution >= 0.6 is 0 Å². The van der Waals surface area contributed by atoms with Crippen LogP contribution in [-0.2, 0) is 0 Å². The molecule has 0 unspecified atom stereocenters. The van der Waals surface area contributed by atoms with Gasteiger partial charge in [0.1, 0.15) is 23.5 Å². The van der Waals surface area contributed by atoms with E-state index in [-0.39, 0.29) is 0 Å². The molecule has 1 aliphatic rings. The first-order valence-corrected chi connectivity index (χ1v) is 9.64. The molecule has 0 atom stereocenters. The van der Waals surface area contributed by atoms with Gasteiger partial charge in [0.25, 0.3) is 0 Å². The molecule has 1 aliphatic heterocycles. The second-order valence-electron chi connectivity index (χ2n) is 7.03. The Bertz CT molecular complexity index is 1020. The number of anilines is 1. The van der Waals surface area contributed by atoms with Crippen molar-refractivity contribution in [3.05, 3.63) is 36.2 Å². The van der Waals surface area contributed by atoms with Crippen LogP contribution in [0.4, 0.5) is 5.82 Å². The maximum Gasteiger partial charge on any atom is 0.205 e. The Hall–Kier alpha value is -3.16. The number of ether oxygens (including phenoxy) is 3. The molecule has 1 saturated heterocycles. The van der Waals surface area contributed by atoms with Crippen LogP contribution in [0.5, 0.6) is 17.2 Å². The maximum atomic E-state index is 5.59. The van der Waals surface area contributed by atoms with Gasteiger partial charge in [0, 0.05) is 30.9 Å². The van der Waals surface area contributed by atoms with Gasteiger partial charge in [-0.05, 0) is 31.9 Å². The molecule has 1 aromatic carbocycles. The van der Waals surface area contributed by atoms with Gasteiger partial charge in [-0.3, -0.25) is 0 Å². The van der Waals surface area contributed by atoms with Crippen molar-refractivity contribution in [1.82, 2.24) is 19.9 Å². The van der Waals surface area contributed by atoms with Crippen molar-refractivity contribution in [2.45, 2.75) is 25.7 Å². The molecule has 0 N–H and O–H groups in total. The average Bonchev–Trinajstić information content (AvgIpc) is 2.77. The third-order valence-corrected chi connectivity index (χ3v) is 5.42. The first kappa shape index (κ1) is 19.2. The van der Waals surface area contributed by atoms with Crippen molar-refractivity contribution >= 4 is 16.7 Å². The Morgan fingerprint density at radius 1 is 0.966 bits per heavy atom. The zero-order valence-corrected chi connectivity index (χ0v) is 17.2. The molecule has 8 nitrogen and oxygen atoms in total. The molecule has 152 valence electrons. The highest BCUT2D eigenvalue weighted by atomic mass is 16.5. The number of aromatic nitrogens is 4. The largest absolute Gasteiger partial charge is 0.493 e. The second-order valence-corrected chi connectivity index (χ2v) is 7.03. The van der Waals surface area contributed by atoms with Crippen molar-refractivity contribution in [3.63, 3.8) is 0 Å². The SMILES string of the molecule is COc1cc2c(N3CCC(c4ccnc(C)n4)CC3)ncnc2c(OC)c1OC. The quantitative estimate of drug-likeness (QED) is 0.652. The Labute approximate surface area is 169 Å². The molecule has 0 aliphatic carbocycles. The first-order chi connectivity index (χ1) is 14.2. The molecular formula is C21H25N5O3. The van der Waals surface area contributed by atoms with E-state index in [9.17, 15) is 0 Å². The van der Waals surface area contributed by atoms with E-state index in [2.05, 4.69) is 24.8 Å². The van der Waals surface area contributed by atoms with E-state index in [1.165, 1.54) is 0 Å². The van der Waals surface area contributed by atoms with E-state index in [4.69, 9.17) is 14.2 Å². The molecule has 3 aromatic rings. The Morgan fingerprint density at radius 2 is 1.72 bits per heavy atom. The highest BCUT2D eigenvalue weighted by molar-refractivity contribution is 5.97. The average molecular weight is 395 g/mol. The fourth-order valence-corrected chi connectivity index (χ4v) is 3.99. The fraction of sp³-hybridized carbons (Fsp3) is 0.429. The number of nitrogens with zero attached hydrogens (tertiary/aromatic N) is 5. The maximum absolute atomic E-state index is 5.59. The molecular weight excluding hydrogens is 370 g/mol. The van der Waals surface area contributed by atoms with Gasteiger partial charge in [-0.25, -0.2) is 19.9 Å². The number of hydrogen-bond acceptors (Lipinski definition) is 8. The molecule has 8 heteroatoms. The zero-order chi connectivity index (χ0) is 20.4. The molecule has 0 spiro atoms. The van der Waals surface area contributed by atoms with E-state index in [1.807, 2.05) is 25.3 Å². The molecule has 2 aromatic heterocycles. The molecule has 0 radical (unpaired) electrons. The van der Waals surface area contributed by atoms with E-state index < -0.39 is 0 Å². The minimum absolute atomic E-state index is 0.435. The number of benzene rings is 1. The van der Waals surface area contributed by atoms with Crippen molar-refractivity contribution in [2.24, 2.45) is 0 Å². The number of piperidine rings is 1. The fourth-order valence-electron chi connectivity index (χ4n) is 3.99. The second kappa shape index (κ2) is 8.06. The molecule has 4 rings (SSSR count). The van der Waals surface area contributed by atoms with Gasteiger partial charge in [-0.15, -0.1) is 0 Å². The minimum Gasteiger partial charge on any atom is -0.493 e. The minimum atomic E-state index is 0.435. The Morgan fingerprint density at radius 3 is 2.38 bits per heavy atom. The molecule has 29 heavy (non-hydrogen) atoms. The molecule has 3 heterocycles. The van der Waals surface area contributed by atoms with Gasteiger partial charge >= 0.3 is 0 Å². The standard InChI is InChI=1S/C21H25N5O3/c1-13-22-8-5-16(25-13)14-6-9-26(10-7-14)21-15-11-17(27-2)19(28-3)20(29-4)18(15)23-12-24-21/h5,8,11-12,14H,6-7,9-10H2,1-4H3. The van der Waals surface area contributed by atoms with Crippen LogP contribution in [0.2, 0.25) is 0 Å². The van der Waals surface area contributed by atoms with Gasteiger partial charge < -0.3 is 19.1 Å². The van der Waals surface area contributed by atoms with Gasteiger partial charge in [0.05, 0.1) is 26.7 Å². The van der Waals surface area contributed by atoms with E-state index >= 15 is 0 Å². The van der Waals surface area contributed by atoms with Crippen molar-refractivity contribution in [2.75, 3.05) is 39.3 Å². The van der Waals surface area contributed by atoms with Crippen LogP contribution in [0.25, 0.3) is 10.9 Å². The van der Waals surface area contributed by atoms with Gasteiger partial charge in [-0.2, -0.15) is 0 Å². The van der Waals surface area contributed by atoms with Crippen molar-refractivity contribution in [3.8, 4) is 17.2 Å². The lowest BCUT2D eigenvalue weighted by Gasteiger charge is -2.33. The molecule has 0 bridgehead atoms. The molecule has 0 amide bonds. The third kappa shape index (κ3) is 3.50. The van der Waals surface area contributed by atoms with E-state index in [1.54, 1.807) is 27.7 Å². The van der Waals surface area contributed by atoms with Crippen LogP contribution in [0.15, 0.2) is 24.7 Å². The summed E-state index contributed by atoms with van der Waals surface area (Å²) in [7, 11) is 4.81. The third-order valence-electron chi connectivity index (χ3n) is 5.42. The number of rotatable bonds is 5. The highest BCUT2D eigenvalue weighted by Crippen LogP contribution is 2.44. The van der Waals surface area contributed by atoms with Crippen LogP contribution in [0.3, 0.4) is 0 Å². The first-order valence-electron chi connectivity index (χ1n) is 9.64. The Balaban J connectivity index is 1.66. The topological polar surface area (TPSA) is 82.5 Å². The summed E-state index contributed by atoms with van der Waals surface area (Å²) in [6.45, 7) is 3.70. The van der Waals surface area contributed by atoms with Gasteiger partial charge in [-0.1, -0.05) is 0 Å². The summed E-state index contributed by atoms with van der Waals surface area (Å²) < 4.78 is 16.6. The summed E-state index contributed by atoms with van der Waals surface area (Å²) in [6.07, 6.45) is 5.43. The summed E-state index contributed by atoms with van der Waals surface area (Å²) >= 11 is 0. The van der Waals surface area contributed by atoms with Crippen LogP contribution < -0.4 is 19.1 Å². The van der Waals surface area contributed by atoms with Crippen molar-refractivity contribution < 1.29 is 14.2 Å². The summed E-state index contributed by atoms with van der Waals surface area (Å²) in [6, 6.07) is 3.95. The monoisotopic (exact) mass is 395 g/mol. The number of aryl methyl sites for hydroxylation is 1. The van der Waals surface area contributed by atoms with E-state index in [0.29, 0.717) is 28.7 Å². The molecule has 1 fully saturated rings.